The molecule has 3 aromatic carbocycles. The molecule has 0 unspecified atom stereocenters. The number of nitrogens with one attached hydrogen (secondary N) is 2. The Morgan fingerprint density at radius 1 is 1.00 bits per heavy atom. The Bertz CT molecular complexity index is 1610. The van der Waals surface area contributed by atoms with E-state index in [9.17, 15) is 23.1 Å². The zero-order valence-electron chi connectivity index (χ0n) is 19.1. The molecular weight excluding hydrogens is 484 g/mol. The Labute approximate surface area is 206 Å². The van der Waals surface area contributed by atoms with Crippen molar-refractivity contribution < 1.29 is 18.3 Å². The summed E-state index contributed by atoms with van der Waals surface area (Å²) in [5.41, 5.74) is -0.773. The number of benzene rings is 3. The number of aromatic nitrogens is 2. The molecular formula is C25H22N4O6S. The average Bonchev–Trinajstić information content (AvgIpc) is 2.86. The number of rotatable bonds is 8. The smallest absolute Gasteiger partial charge is 0.335 e. The Hall–Kier alpha value is -4.64. The first-order valence-corrected chi connectivity index (χ1v) is 12.3. The lowest BCUT2D eigenvalue weighted by atomic mass is 10.3. The van der Waals surface area contributed by atoms with Gasteiger partial charge in [-0.15, -0.1) is 0 Å². The molecule has 0 atom stereocenters. The first-order valence-electron chi connectivity index (χ1n) is 10.8. The highest BCUT2D eigenvalue weighted by molar-refractivity contribution is 7.92. The first kappa shape index (κ1) is 24.5. The standard InChI is InChI=1S/C25H22N4O6S/c1-2-35-20-12-8-18(9-13-20)28-36(33,34)21-14-10-17(11-15-21)26-16-22-23(30)27-25(32)29(24(22)31)19-6-4-3-5-7-19/h3-16,28,31H,2H2,1H3,(H,27,30,32). The number of H-pyrrole nitrogens is 1. The summed E-state index contributed by atoms with van der Waals surface area (Å²) in [7, 11) is -3.85. The van der Waals surface area contributed by atoms with Crippen LogP contribution in [0.4, 0.5) is 11.4 Å². The lowest BCUT2D eigenvalue weighted by Crippen LogP contribution is -2.31. The van der Waals surface area contributed by atoms with Gasteiger partial charge >= 0.3 is 5.69 Å². The zero-order valence-corrected chi connectivity index (χ0v) is 19.9. The summed E-state index contributed by atoms with van der Waals surface area (Å²) in [5.74, 6) is 0.0594. The van der Waals surface area contributed by atoms with Crippen LogP contribution in [-0.2, 0) is 10.0 Å². The fraction of sp³-hybridized carbons (Fsp3) is 0.0800. The Balaban J connectivity index is 1.56. The molecule has 0 radical (unpaired) electrons. The molecule has 1 aromatic heterocycles. The molecule has 0 spiro atoms. The van der Waals surface area contributed by atoms with E-state index in [1.807, 2.05) is 6.92 Å². The molecule has 3 N–H and O–H groups in total. The van der Waals surface area contributed by atoms with Crippen molar-refractivity contribution in [2.24, 2.45) is 4.99 Å². The van der Waals surface area contributed by atoms with E-state index < -0.39 is 27.2 Å². The fourth-order valence-corrected chi connectivity index (χ4v) is 4.38. The number of anilines is 1. The number of hydrogen-bond donors (Lipinski definition) is 3. The van der Waals surface area contributed by atoms with E-state index in [1.165, 1.54) is 24.3 Å². The van der Waals surface area contributed by atoms with Gasteiger partial charge in [0.2, 0.25) is 5.88 Å². The van der Waals surface area contributed by atoms with Gasteiger partial charge in [-0.1, -0.05) is 18.2 Å². The van der Waals surface area contributed by atoms with Gasteiger partial charge in [0.15, 0.2) is 0 Å². The molecule has 0 aliphatic heterocycles. The van der Waals surface area contributed by atoms with Gasteiger partial charge in [-0.05, 0) is 67.6 Å². The molecule has 4 rings (SSSR count). The van der Waals surface area contributed by atoms with E-state index in [4.69, 9.17) is 4.74 Å². The maximum Gasteiger partial charge on any atom is 0.335 e. The second-order valence-corrected chi connectivity index (χ2v) is 9.16. The number of para-hydroxylation sites is 1. The summed E-state index contributed by atoms with van der Waals surface area (Å²) in [6.45, 7) is 2.36. The molecule has 11 heteroatoms. The van der Waals surface area contributed by atoms with E-state index in [0.29, 0.717) is 29.4 Å². The SMILES string of the molecule is CCOc1ccc(NS(=O)(=O)c2ccc(N=Cc3c(O)n(-c4ccccc4)c(=O)[nH]c3=O)cc2)cc1. The van der Waals surface area contributed by atoms with Crippen LogP contribution in [0.2, 0.25) is 0 Å². The lowest BCUT2D eigenvalue weighted by molar-refractivity contribution is 0.340. The molecule has 0 fully saturated rings. The fourth-order valence-electron chi connectivity index (χ4n) is 3.32. The highest BCUT2D eigenvalue weighted by Crippen LogP contribution is 2.22. The summed E-state index contributed by atoms with van der Waals surface area (Å²) in [4.78, 5) is 30.8. The minimum Gasteiger partial charge on any atom is -0.494 e. The number of aromatic hydroxyl groups is 1. The van der Waals surface area contributed by atoms with Crippen molar-refractivity contribution in [2.45, 2.75) is 11.8 Å². The first-order chi connectivity index (χ1) is 17.3. The van der Waals surface area contributed by atoms with Crippen LogP contribution < -0.4 is 20.7 Å². The van der Waals surface area contributed by atoms with Crippen molar-refractivity contribution in [1.82, 2.24) is 9.55 Å². The van der Waals surface area contributed by atoms with Crippen LogP contribution in [-0.4, -0.2) is 35.9 Å². The van der Waals surface area contributed by atoms with Gasteiger partial charge in [0.25, 0.3) is 15.6 Å². The monoisotopic (exact) mass is 506 g/mol. The highest BCUT2D eigenvalue weighted by atomic mass is 32.2. The maximum absolute atomic E-state index is 12.7. The van der Waals surface area contributed by atoms with E-state index in [0.717, 1.165) is 10.8 Å². The number of sulfonamides is 1. The van der Waals surface area contributed by atoms with Gasteiger partial charge in [0.1, 0.15) is 11.3 Å². The molecule has 0 bridgehead atoms. The molecule has 10 nitrogen and oxygen atoms in total. The highest BCUT2D eigenvalue weighted by Gasteiger charge is 2.15. The van der Waals surface area contributed by atoms with Crippen molar-refractivity contribution in [1.29, 1.82) is 0 Å². The van der Waals surface area contributed by atoms with Crippen molar-refractivity contribution in [3.63, 3.8) is 0 Å². The summed E-state index contributed by atoms with van der Waals surface area (Å²) < 4.78 is 34.2. The van der Waals surface area contributed by atoms with E-state index in [1.54, 1.807) is 54.6 Å². The number of aliphatic imine (C=N–C) groups is 1. The van der Waals surface area contributed by atoms with Crippen LogP contribution in [0, 0.1) is 0 Å². The molecule has 0 amide bonds. The van der Waals surface area contributed by atoms with Crippen molar-refractivity contribution >= 4 is 27.6 Å². The van der Waals surface area contributed by atoms with Gasteiger partial charge in [0.05, 0.1) is 22.9 Å². The molecule has 0 aliphatic rings. The largest absolute Gasteiger partial charge is 0.494 e. The molecule has 36 heavy (non-hydrogen) atoms. The predicted octanol–water partition coefficient (Wildman–Crippen LogP) is 3.18. The molecule has 1 heterocycles. The lowest BCUT2D eigenvalue weighted by Gasteiger charge is -2.10. The third-order valence-electron chi connectivity index (χ3n) is 5.04. The summed E-state index contributed by atoms with van der Waals surface area (Å²) in [6, 6.07) is 20.4. The van der Waals surface area contributed by atoms with Gasteiger partial charge in [-0.2, -0.15) is 0 Å². The molecule has 4 aromatic rings. The topological polar surface area (TPSA) is 143 Å². The number of aromatic amines is 1. The van der Waals surface area contributed by atoms with E-state index in [-0.39, 0.29) is 10.5 Å². The minimum atomic E-state index is -3.85. The Morgan fingerprint density at radius 3 is 2.31 bits per heavy atom. The molecule has 0 saturated carbocycles. The third kappa shape index (κ3) is 5.36. The van der Waals surface area contributed by atoms with Crippen molar-refractivity contribution in [3.05, 3.63) is 105 Å². The Kier molecular flexibility index (Phi) is 7.02. The molecule has 0 aliphatic carbocycles. The second kappa shape index (κ2) is 10.3. The normalized spacial score (nSPS) is 11.5. The predicted molar refractivity (Wildman–Crippen MR) is 136 cm³/mol. The van der Waals surface area contributed by atoms with E-state index in [2.05, 4.69) is 14.7 Å². The van der Waals surface area contributed by atoms with Crippen molar-refractivity contribution in [3.8, 4) is 17.3 Å². The number of hydrogen-bond acceptors (Lipinski definition) is 7. The van der Waals surface area contributed by atoms with Crippen LogP contribution >= 0.6 is 0 Å². The van der Waals surface area contributed by atoms with Gasteiger partial charge in [0, 0.05) is 11.9 Å². The van der Waals surface area contributed by atoms with Crippen LogP contribution in [0.25, 0.3) is 5.69 Å². The molecule has 0 saturated heterocycles. The second-order valence-electron chi connectivity index (χ2n) is 7.48. The Morgan fingerprint density at radius 2 is 1.67 bits per heavy atom. The zero-order chi connectivity index (χ0) is 25.7. The third-order valence-corrected chi connectivity index (χ3v) is 6.44. The number of ether oxygens (including phenoxy) is 1. The van der Waals surface area contributed by atoms with Crippen LogP contribution in [0.5, 0.6) is 11.6 Å². The van der Waals surface area contributed by atoms with Gasteiger partial charge in [-0.25, -0.2) is 17.8 Å². The van der Waals surface area contributed by atoms with E-state index >= 15 is 0 Å². The van der Waals surface area contributed by atoms with Gasteiger partial charge in [-0.3, -0.25) is 19.5 Å². The van der Waals surface area contributed by atoms with Crippen LogP contribution in [0.1, 0.15) is 12.5 Å². The summed E-state index contributed by atoms with van der Waals surface area (Å²) in [5, 5.41) is 10.6. The van der Waals surface area contributed by atoms with Crippen LogP contribution in [0.3, 0.4) is 0 Å². The number of nitrogens with zero attached hydrogens (tertiary/aromatic N) is 2. The van der Waals surface area contributed by atoms with Crippen molar-refractivity contribution in [2.75, 3.05) is 11.3 Å². The average molecular weight is 507 g/mol. The molecule has 184 valence electrons. The maximum atomic E-state index is 12.7. The quantitative estimate of drug-likeness (QED) is 0.313. The summed E-state index contributed by atoms with van der Waals surface area (Å²) in [6.07, 6.45) is 1.11. The summed E-state index contributed by atoms with van der Waals surface area (Å²) >= 11 is 0. The minimum absolute atomic E-state index is 0.00802. The van der Waals surface area contributed by atoms with Crippen LogP contribution in [0.15, 0.2) is 98.3 Å². The van der Waals surface area contributed by atoms with Gasteiger partial charge < -0.3 is 9.84 Å².